The molecule has 0 aromatic rings. The number of nitrogens with zero attached hydrogens (tertiary/aromatic N) is 1. The molecule has 1 saturated heterocycles. The Kier molecular flexibility index (Phi) is 3.34. The van der Waals surface area contributed by atoms with Crippen LogP contribution in [-0.2, 0) is 4.74 Å². The highest BCUT2D eigenvalue weighted by molar-refractivity contribution is 4.73. The molecule has 2 nitrogen and oxygen atoms in total. The van der Waals surface area contributed by atoms with Gasteiger partial charge in [-0.1, -0.05) is 13.8 Å². The van der Waals surface area contributed by atoms with Crippen molar-refractivity contribution < 1.29 is 4.74 Å². The van der Waals surface area contributed by atoms with E-state index < -0.39 is 0 Å². The van der Waals surface area contributed by atoms with Crippen molar-refractivity contribution in [2.24, 2.45) is 5.92 Å². The quantitative estimate of drug-likeness (QED) is 0.613. The van der Waals surface area contributed by atoms with Gasteiger partial charge in [-0.15, -0.1) is 0 Å². The molecule has 1 fully saturated rings. The second-order valence-corrected chi connectivity index (χ2v) is 3.85. The zero-order valence-electron chi connectivity index (χ0n) is 7.84. The largest absolute Gasteiger partial charge is 0.380 e. The van der Waals surface area contributed by atoms with Crippen LogP contribution in [0.2, 0.25) is 0 Å². The van der Waals surface area contributed by atoms with E-state index in [0.717, 1.165) is 19.1 Å². The molecule has 66 valence electrons. The number of rotatable bonds is 3. The monoisotopic (exact) mass is 157 g/mol. The normalized spacial score (nSPS) is 25.4. The molecule has 0 radical (unpaired) electrons. The average molecular weight is 157 g/mol. The van der Waals surface area contributed by atoms with Crippen LogP contribution >= 0.6 is 0 Å². The van der Waals surface area contributed by atoms with E-state index in [1.807, 2.05) is 0 Å². The third kappa shape index (κ3) is 2.80. The highest BCUT2D eigenvalue weighted by Crippen LogP contribution is 2.11. The summed E-state index contributed by atoms with van der Waals surface area (Å²) in [6, 6.07) is 0.678. The van der Waals surface area contributed by atoms with E-state index in [0.29, 0.717) is 6.04 Å². The van der Waals surface area contributed by atoms with Crippen LogP contribution in [0.3, 0.4) is 0 Å². The molecule has 0 N–H and O–H groups in total. The van der Waals surface area contributed by atoms with E-state index in [9.17, 15) is 0 Å². The van der Waals surface area contributed by atoms with Crippen molar-refractivity contribution in [3.05, 3.63) is 0 Å². The second kappa shape index (κ2) is 4.07. The highest BCUT2D eigenvalue weighted by atomic mass is 16.5. The van der Waals surface area contributed by atoms with Gasteiger partial charge in [-0.2, -0.15) is 0 Å². The van der Waals surface area contributed by atoms with E-state index in [1.54, 1.807) is 0 Å². The van der Waals surface area contributed by atoms with Gasteiger partial charge in [0.2, 0.25) is 0 Å². The Hall–Kier alpha value is -0.0800. The van der Waals surface area contributed by atoms with Crippen LogP contribution in [0.25, 0.3) is 0 Å². The van der Waals surface area contributed by atoms with E-state index in [2.05, 4.69) is 25.8 Å². The first-order valence-corrected chi connectivity index (χ1v) is 4.48. The third-order valence-corrected chi connectivity index (χ3v) is 2.18. The van der Waals surface area contributed by atoms with Crippen molar-refractivity contribution >= 4 is 0 Å². The van der Waals surface area contributed by atoms with Gasteiger partial charge in [0.25, 0.3) is 0 Å². The maximum Gasteiger partial charge on any atom is 0.0622 e. The van der Waals surface area contributed by atoms with E-state index in [4.69, 9.17) is 4.74 Å². The van der Waals surface area contributed by atoms with Crippen LogP contribution in [0.15, 0.2) is 0 Å². The summed E-state index contributed by atoms with van der Waals surface area (Å²) in [6.45, 7) is 7.59. The minimum absolute atomic E-state index is 0.678. The summed E-state index contributed by atoms with van der Waals surface area (Å²) in [5, 5.41) is 0. The van der Waals surface area contributed by atoms with Crippen LogP contribution in [0, 0.1) is 5.92 Å². The second-order valence-electron chi connectivity index (χ2n) is 3.85. The Bertz CT molecular complexity index is 108. The van der Waals surface area contributed by atoms with Crippen molar-refractivity contribution in [2.45, 2.75) is 26.3 Å². The summed E-state index contributed by atoms with van der Waals surface area (Å²) in [6.07, 6.45) is 1.21. The van der Waals surface area contributed by atoms with Gasteiger partial charge in [-0.3, -0.25) is 0 Å². The molecule has 0 unspecified atom stereocenters. The first-order valence-electron chi connectivity index (χ1n) is 4.48. The molecule has 1 heterocycles. The van der Waals surface area contributed by atoms with Crippen LogP contribution in [0.1, 0.15) is 20.3 Å². The van der Waals surface area contributed by atoms with Gasteiger partial charge in [-0.25, -0.2) is 0 Å². The van der Waals surface area contributed by atoms with E-state index in [-0.39, 0.29) is 0 Å². The fraction of sp³-hybridized carbons (Fsp3) is 1.00. The molecule has 11 heavy (non-hydrogen) atoms. The average Bonchev–Trinajstić information content (AvgIpc) is 2.35. The van der Waals surface area contributed by atoms with Crippen LogP contribution in [-0.4, -0.2) is 37.7 Å². The van der Waals surface area contributed by atoms with Gasteiger partial charge in [0, 0.05) is 19.2 Å². The molecule has 0 aromatic carbocycles. The molecule has 0 aliphatic carbocycles. The molecule has 0 saturated carbocycles. The van der Waals surface area contributed by atoms with Crippen molar-refractivity contribution in [3.8, 4) is 0 Å². The van der Waals surface area contributed by atoms with Crippen LogP contribution < -0.4 is 0 Å². The Morgan fingerprint density at radius 2 is 2.27 bits per heavy atom. The fourth-order valence-electron chi connectivity index (χ4n) is 1.59. The Morgan fingerprint density at radius 3 is 2.73 bits per heavy atom. The molecule has 0 bridgehead atoms. The summed E-state index contributed by atoms with van der Waals surface area (Å²) in [5.41, 5.74) is 0. The Balaban J connectivity index is 2.22. The topological polar surface area (TPSA) is 12.5 Å². The summed E-state index contributed by atoms with van der Waals surface area (Å²) in [4.78, 5) is 2.41. The standard InChI is InChI=1S/C9H19NO/c1-8(2)6-10(3)9-4-5-11-7-9/h8-9H,4-7H2,1-3H3/t9-/m0/s1. The van der Waals surface area contributed by atoms with Crippen molar-refractivity contribution in [3.63, 3.8) is 0 Å². The number of hydrogen-bond acceptors (Lipinski definition) is 2. The number of likely N-dealkylation sites (N-methyl/N-ethyl adjacent to an activating group) is 1. The van der Waals surface area contributed by atoms with Crippen LogP contribution in [0.4, 0.5) is 0 Å². The summed E-state index contributed by atoms with van der Waals surface area (Å²) in [5.74, 6) is 0.764. The predicted molar refractivity (Wildman–Crippen MR) is 46.7 cm³/mol. The minimum Gasteiger partial charge on any atom is -0.380 e. The van der Waals surface area contributed by atoms with Crippen molar-refractivity contribution in [1.82, 2.24) is 4.90 Å². The van der Waals surface area contributed by atoms with Gasteiger partial charge < -0.3 is 9.64 Å². The number of hydrogen-bond donors (Lipinski definition) is 0. The predicted octanol–water partition coefficient (Wildman–Crippen LogP) is 1.36. The molecule has 1 atom stereocenters. The van der Waals surface area contributed by atoms with Crippen LogP contribution in [0.5, 0.6) is 0 Å². The molecule has 0 aromatic heterocycles. The summed E-state index contributed by atoms with van der Waals surface area (Å²) < 4.78 is 5.32. The van der Waals surface area contributed by atoms with E-state index in [1.165, 1.54) is 13.0 Å². The lowest BCUT2D eigenvalue weighted by atomic mass is 10.1. The van der Waals surface area contributed by atoms with Crippen molar-refractivity contribution in [2.75, 3.05) is 26.8 Å². The summed E-state index contributed by atoms with van der Waals surface area (Å²) in [7, 11) is 2.19. The van der Waals surface area contributed by atoms with Gasteiger partial charge in [0.05, 0.1) is 6.61 Å². The lowest BCUT2D eigenvalue weighted by Crippen LogP contribution is -2.34. The first-order chi connectivity index (χ1) is 5.20. The molecule has 0 amide bonds. The molecule has 2 heteroatoms. The van der Waals surface area contributed by atoms with E-state index >= 15 is 0 Å². The van der Waals surface area contributed by atoms with Crippen molar-refractivity contribution in [1.29, 1.82) is 0 Å². The number of ether oxygens (including phenoxy) is 1. The Morgan fingerprint density at radius 1 is 1.55 bits per heavy atom. The first kappa shape index (κ1) is 9.01. The van der Waals surface area contributed by atoms with Gasteiger partial charge in [0.1, 0.15) is 0 Å². The SMILES string of the molecule is CC(C)CN(C)[C@H]1CCOC1. The van der Waals surface area contributed by atoms with Gasteiger partial charge >= 0.3 is 0 Å². The molecule has 0 spiro atoms. The molecule has 1 aliphatic heterocycles. The molecule has 1 rings (SSSR count). The molecular weight excluding hydrogens is 138 g/mol. The fourth-order valence-corrected chi connectivity index (χ4v) is 1.59. The smallest absolute Gasteiger partial charge is 0.0622 e. The Labute approximate surface area is 69.5 Å². The molecule has 1 aliphatic rings. The van der Waals surface area contributed by atoms with Gasteiger partial charge in [0.15, 0.2) is 0 Å². The zero-order chi connectivity index (χ0) is 8.27. The third-order valence-electron chi connectivity index (χ3n) is 2.18. The summed E-state index contributed by atoms with van der Waals surface area (Å²) >= 11 is 0. The highest BCUT2D eigenvalue weighted by Gasteiger charge is 2.20. The maximum absolute atomic E-state index is 5.32. The lowest BCUT2D eigenvalue weighted by Gasteiger charge is -2.24. The zero-order valence-corrected chi connectivity index (χ0v) is 7.84. The van der Waals surface area contributed by atoms with Gasteiger partial charge in [-0.05, 0) is 19.4 Å². The maximum atomic E-state index is 5.32. The lowest BCUT2D eigenvalue weighted by molar-refractivity contribution is 0.152. The minimum atomic E-state index is 0.678. The molecular formula is C9H19NO.